The molecule has 13 heavy (non-hydrogen) atoms. The first-order valence-corrected chi connectivity index (χ1v) is 5.76. The standard InChI is InChI=1S/C11H24N2/c1-3-12-9-11(2)10-13-7-5-4-6-8-13/h11-12H,3-10H2,1-2H3. The Balaban J connectivity index is 2.07. The first-order chi connectivity index (χ1) is 6.33. The first-order valence-electron chi connectivity index (χ1n) is 5.76. The van der Waals surface area contributed by atoms with Crippen LogP contribution in [-0.2, 0) is 0 Å². The Morgan fingerprint density at radius 2 is 1.92 bits per heavy atom. The number of piperidine rings is 1. The molecular weight excluding hydrogens is 160 g/mol. The van der Waals surface area contributed by atoms with E-state index in [2.05, 4.69) is 24.1 Å². The van der Waals surface area contributed by atoms with Crippen LogP contribution in [0.3, 0.4) is 0 Å². The summed E-state index contributed by atoms with van der Waals surface area (Å²) in [6.07, 6.45) is 4.26. The van der Waals surface area contributed by atoms with Crippen LogP contribution in [0.15, 0.2) is 0 Å². The number of hydrogen-bond donors (Lipinski definition) is 1. The summed E-state index contributed by atoms with van der Waals surface area (Å²) in [5.74, 6) is 0.804. The molecule has 0 saturated carbocycles. The van der Waals surface area contributed by atoms with Crippen molar-refractivity contribution in [2.24, 2.45) is 5.92 Å². The highest BCUT2D eigenvalue weighted by Crippen LogP contribution is 2.10. The summed E-state index contributed by atoms with van der Waals surface area (Å²) in [4.78, 5) is 2.62. The zero-order chi connectivity index (χ0) is 9.52. The maximum Gasteiger partial charge on any atom is 0.00191 e. The lowest BCUT2D eigenvalue weighted by Gasteiger charge is -2.29. The molecule has 0 aromatic heterocycles. The quantitative estimate of drug-likeness (QED) is 0.700. The summed E-state index contributed by atoms with van der Waals surface area (Å²) >= 11 is 0. The first kappa shape index (κ1) is 11.0. The Bertz CT molecular complexity index is 119. The van der Waals surface area contributed by atoms with Crippen molar-refractivity contribution in [3.8, 4) is 0 Å². The molecule has 0 amide bonds. The van der Waals surface area contributed by atoms with Gasteiger partial charge >= 0.3 is 0 Å². The maximum absolute atomic E-state index is 3.41. The minimum absolute atomic E-state index is 0.804. The molecule has 0 bridgehead atoms. The van der Waals surface area contributed by atoms with Crippen molar-refractivity contribution in [1.29, 1.82) is 0 Å². The summed E-state index contributed by atoms with van der Waals surface area (Å²) in [6, 6.07) is 0. The average Bonchev–Trinajstić information content (AvgIpc) is 2.16. The second-order valence-corrected chi connectivity index (χ2v) is 4.27. The summed E-state index contributed by atoms with van der Waals surface area (Å²) in [5.41, 5.74) is 0. The molecule has 1 heterocycles. The Morgan fingerprint density at radius 3 is 2.54 bits per heavy atom. The molecule has 1 rings (SSSR count). The van der Waals surface area contributed by atoms with Crippen molar-refractivity contribution >= 4 is 0 Å². The molecule has 2 nitrogen and oxygen atoms in total. The van der Waals surface area contributed by atoms with Gasteiger partial charge in [0.2, 0.25) is 0 Å². The summed E-state index contributed by atoms with van der Waals surface area (Å²) < 4.78 is 0. The molecule has 1 saturated heterocycles. The van der Waals surface area contributed by atoms with Gasteiger partial charge in [-0.25, -0.2) is 0 Å². The van der Waals surface area contributed by atoms with E-state index in [4.69, 9.17) is 0 Å². The fourth-order valence-corrected chi connectivity index (χ4v) is 2.04. The lowest BCUT2D eigenvalue weighted by molar-refractivity contribution is 0.199. The highest BCUT2D eigenvalue weighted by atomic mass is 15.1. The molecule has 1 aliphatic rings. The maximum atomic E-state index is 3.41. The number of likely N-dealkylation sites (tertiary alicyclic amines) is 1. The van der Waals surface area contributed by atoms with E-state index < -0.39 is 0 Å². The molecule has 78 valence electrons. The van der Waals surface area contributed by atoms with Crippen molar-refractivity contribution in [1.82, 2.24) is 10.2 Å². The normalized spacial score (nSPS) is 21.7. The second-order valence-electron chi connectivity index (χ2n) is 4.27. The predicted molar refractivity (Wildman–Crippen MR) is 58.0 cm³/mol. The van der Waals surface area contributed by atoms with Crippen LogP contribution in [0.2, 0.25) is 0 Å². The van der Waals surface area contributed by atoms with E-state index in [1.807, 2.05) is 0 Å². The van der Waals surface area contributed by atoms with Gasteiger partial charge in [-0.05, 0) is 44.9 Å². The molecule has 1 fully saturated rings. The minimum Gasteiger partial charge on any atom is -0.317 e. The monoisotopic (exact) mass is 184 g/mol. The van der Waals surface area contributed by atoms with Gasteiger partial charge in [0.05, 0.1) is 0 Å². The zero-order valence-corrected chi connectivity index (χ0v) is 9.18. The van der Waals surface area contributed by atoms with Gasteiger partial charge in [-0.3, -0.25) is 0 Å². The van der Waals surface area contributed by atoms with E-state index in [1.165, 1.54) is 45.4 Å². The third-order valence-electron chi connectivity index (χ3n) is 2.76. The van der Waals surface area contributed by atoms with E-state index in [0.717, 1.165) is 12.5 Å². The van der Waals surface area contributed by atoms with E-state index in [0.29, 0.717) is 0 Å². The summed E-state index contributed by atoms with van der Waals surface area (Å²) in [6.45, 7) is 10.7. The van der Waals surface area contributed by atoms with Gasteiger partial charge in [0.1, 0.15) is 0 Å². The van der Waals surface area contributed by atoms with Crippen molar-refractivity contribution in [2.75, 3.05) is 32.7 Å². The molecular formula is C11H24N2. The summed E-state index contributed by atoms with van der Waals surface area (Å²) in [7, 11) is 0. The molecule has 0 aromatic rings. The third-order valence-corrected chi connectivity index (χ3v) is 2.76. The molecule has 2 heteroatoms. The van der Waals surface area contributed by atoms with Crippen LogP contribution in [0, 0.1) is 5.92 Å². The Labute approximate surface area is 82.7 Å². The van der Waals surface area contributed by atoms with Crippen LogP contribution in [0.1, 0.15) is 33.1 Å². The van der Waals surface area contributed by atoms with Gasteiger partial charge in [0, 0.05) is 6.54 Å². The number of hydrogen-bond acceptors (Lipinski definition) is 2. The smallest absolute Gasteiger partial charge is 0.00191 e. The summed E-state index contributed by atoms with van der Waals surface area (Å²) in [5, 5.41) is 3.41. The van der Waals surface area contributed by atoms with Crippen molar-refractivity contribution in [2.45, 2.75) is 33.1 Å². The van der Waals surface area contributed by atoms with Crippen LogP contribution < -0.4 is 5.32 Å². The van der Waals surface area contributed by atoms with Gasteiger partial charge in [-0.15, -0.1) is 0 Å². The Hall–Kier alpha value is -0.0800. The lowest BCUT2D eigenvalue weighted by atomic mass is 10.1. The molecule has 0 radical (unpaired) electrons. The van der Waals surface area contributed by atoms with Gasteiger partial charge in [0.15, 0.2) is 0 Å². The highest BCUT2D eigenvalue weighted by Gasteiger charge is 2.12. The minimum atomic E-state index is 0.804. The zero-order valence-electron chi connectivity index (χ0n) is 9.18. The van der Waals surface area contributed by atoms with Crippen LogP contribution >= 0.6 is 0 Å². The van der Waals surface area contributed by atoms with Gasteiger partial charge in [0.25, 0.3) is 0 Å². The van der Waals surface area contributed by atoms with Crippen LogP contribution in [-0.4, -0.2) is 37.6 Å². The molecule has 0 aromatic carbocycles. The predicted octanol–water partition coefficient (Wildman–Crippen LogP) is 1.72. The molecule has 1 unspecified atom stereocenters. The fraction of sp³-hybridized carbons (Fsp3) is 1.00. The number of rotatable bonds is 5. The van der Waals surface area contributed by atoms with Gasteiger partial charge < -0.3 is 10.2 Å². The Morgan fingerprint density at radius 1 is 1.23 bits per heavy atom. The molecule has 1 N–H and O–H groups in total. The second kappa shape index (κ2) is 6.39. The Kier molecular flexibility index (Phi) is 5.40. The highest BCUT2D eigenvalue weighted by molar-refractivity contribution is 4.68. The van der Waals surface area contributed by atoms with E-state index >= 15 is 0 Å². The lowest BCUT2D eigenvalue weighted by Crippen LogP contribution is -2.36. The van der Waals surface area contributed by atoms with E-state index in [-0.39, 0.29) is 0 Å². The van der Waals surface area contributed by atoms with E-state index in [1.54, 1.807) is 0 Å². The topological polar surface area (TPSA) is 15.3 Å². The molecule has 1 atom stereocenters. The van der Waals surface area contributed by atoms with Crippen molar-refractivity contribution in [3.63, 3.8) is 0 Å². The van der Waals surface area contributed by atoms with Crippen LogP contribution in [0.5, 0.6) is 0 Å². The SMILES string of the molecule is CCNCC(C)CN1CCCCC1. The van der Waals surface area contributed by atoms with Crippen LogP contribution in [0.4, 0.5) is 0 Å². The van der Waals surface area contributed by atoms with Gasteiger partial charge in [-0.2, -0.15) is 0 Å². The van der Waals surface area contributed by atoms with Crippen LogP contribution in [0.25, 0.3) is 0 Å². The largest absolute Gasteiger partial charge is 0.317 e. The van der Waals surface area contributed by atoms with Crippen molar-refractivity contribution in [3.05, 3.63) is 0 Å². The third kappa shape index (κ3) is 4.63. The number of nitrogens with zero attached hydrogens (tertiary/aromatic N) is 1. The average molecular weight is 184 g/mol. The number of nitrogens with one attached hydrogen (secondary N) is 1. The molecule has 0 spiro atoms. The van der Waals surface area contributed by atoms with E-state index in [9.17, 15) is 0 Å². The van der Waals surface area contributed by atoms with Crippen molar-refractivity contribution < 1.29 is 0 Å². The molecule has 1 aliphatic heterocycles. The molecule has 0 aliphatic carbocycles. The fourth-order valence-electron chi connectivity index (χ4n) is 2.04. The van der Waals surface area contributed by atoms with Gasteiger partial charge in [-0.1, -0.05) is 20.3 Å².